The highest BCUT2D eigenvalue weighted by Crippen LogP contribution is 2.36. The van der Waals surface area contributed by atoms with E-state index in [1.165, 1.54) is 45.4 Å². The molecule has 1 spiro atoms. The molecular formula is C9H17N2+. The first-order valence-electron chi connectivity index (χ1n) is 4.57. The van der Waals surface area contributed by atoms with Crippen LogP contribution in [0.4, 0.5) is 0 Å². The minimum atomic E-state index is 0.646. The average Bonchev–Trinajstić information content (AvgIpc) is 2.34. The van der Waals surface area contributed by atoms with Crippen molar-refractivity contribution in [3.63, 3.8) is 0 Å². The Hall–Kier alpha value is -0.370. The fourth-order valence-electron chi connectivity index (χ4n) is 2.39. The maximum absolute atomic E-state index is 4.00. The first kappa shape index (κ1) is 7.29. The lowest BCUT2D eigenvalue weighted by Crippen LogP contribution is -2.37. The lowest BCUT2D eigenvalue weighted by Gasteiger charge is -2.29. The molecule has 0 unspecified atom stereocenters. The van der Waals surface area contributed by atoms with Gasteiger partial charge < -0.3 is 5.32 Å². The molecule has 0 aromatic heterocycles. The molecule has 2 saturated heterocycles. The van der Waals surface area contributed by atoms with E-state index in [-0.39, 0.29) is 0 Å². The van der Waals surface area contributed by atoms with Crippen molar-refractivity contribution in [2.75, 3.05) is 26.2 Å². The molecule has 0 aromatic carbocycles. The molecule has 1 N–H and O–H groups in total. The Labute approximate surface area is 68.3 Å². The molecule has 2 heterocycles. The number of hydrogen-bond donors (Lipinski definition) is 1. The molecule has 2 fully saturated rings. The fraction of sp³-hybridized carbons (Fsp3) is 0.889. The van der Waals surface area contributed by atoms with Crippen molar-refractivity contribution < 1.29 is 4.58 Å². The summed E-state index contributed by atoms with van der Waals surface area (Å²) in [7, 11) is 0. The Bertz CT molecular complexity index is 168. The van der Waals surface area contributed by atoms with E-state index in [4.69, 9.17) is 0 Å². The molecule has 62 valence electrons. The Morgan fingerprint density at radius 3 is 2.45 bits per heavy atom. The Balaban J connectivity index is 2.03. The Kier molecular flexibility index (Phi) is 1.72. The standard InChI is InChI=1S/C9H17N2/c1-11-7-4-9(8-11)2-5-10-6-3-9/h10H,1-8H2/q+1. The average molecular weight is 153 g/mol. The minimum absolute atomic E-state index is 0.646. The molecule has 0 atom stereocenters. The Morgan fingerprint density at radius 1 is 1.18 bits per heavy atom. The van der Waals surface area contributed by atoms with Crippen molar-refractivity contribution in [1.29, 1.82) is 0 Å². The van der Waals surface area contributed by atoms with Crippen LogP contribution < -0.4 is 5.32 Å². The maximum Gasteiger partial charge on any atom is 0.148 e. The molecular weight excluding hydrogens is 136 g/mol. The third kappa shape index (κ3) is 1.32. The summed E-state index contributed by atoms with van der Waals surface area (Å²) in [6.07, 6.45) is 4.09. The van der Waals surface area contributed by atoms with Crippen LogP contribution in [0, 0.1) is 5.41 Å². The van der Waals surface area contributed by atoms with Crippen LogP contribution >= 0.6 is 0 Å². The van der Waals surface area contributed by atoms with Crippen LogP contribution in [0.25, 0.3) is 0 Å². The Morgan fingerprint density at radius 2 is 1.91 bits per heavy atom. The monoisotopic (exact) mass is 153 g/mol. The van der Waals surface area contributed by atoms with Gasteiger partial charge in [0, 0.05) is 11.8 Å². The van der Waals surface area contributed by atoms with Crippen molar-refractivity contribution in [1.82, 2.24) is 5.32 Å². The zero-order valence-electron chi connectivity index (χ0n) is 7.10. The van der Waals surface area contributed by atoms with E-state index in [0.29, 0.717) is 5.41 Å². The minimum Gasteiger partial charge on any atom is -0.317 e. The largest absolute Gasteiger partial charge is 0.317 e. The van der Waals surface area contributed by atoms with Gasteiger partial charge in [-0.2, -0.15) is 0 Å². The fourth-order valence-corrected chi connectivity index (χ4v) is 2.39. The number of nitrogens with one attached hydrogen (secondary N) is 1. The summed E-state index contributed by atoms with van der Waals surface area (Å²) < 4.78 is 2.23. The molecule has 0 radical (unpaired) electrons. The summed E-state index contributed by atoms with van der Waals surface area (Å²) in [5, 5.41) is 3.41. The van der Waals surface area contributed by atoms with Gasteiger partial charge in [0.25, 0.3) is 0 Å². The van der Waals surface area contributed by atoms with Gasteiger partial charge in [-0.3, -0.25) is 0 Å². The second-order valence-corrected chi connectivity index (χ2v) is 4.05. The van der Waals surface area contributed by atoms with Crippen LogP contribution in [0.1, 0.15) is 19.3 Å². The molecule has 0 aliphatic carbocycles. The number of hydrogen-bond acceptors (Lipinski definition) is 1. The van der Waals surface area contributed by atoms with E-state index in [2.05, 4.69) is 16.6 Å². The lowest BCUT2D eigenvalue weighted by atomic mass is 9.78. The number of piperidine rings is 1. The highest BCUT2D eigenvalue weighted by Gasteiger charge is 2.41. The quantitative estimate of drug-likeness (QED) is 0.500. The maximum atomic E-state index is 4.00. The zero-order chi connectivity index (χ0) is 7.73. The summed E-state index contributed by atoms with van der Waals surface area (Å²) in [6, 6.07) is 0. The van der Waals surface area contributed by atoms with Crippen molar-refractivity contribution >= 4 is 6.72 Å². The van der Waals surface area contributed by atoms with Crippen LogP contribution in [-0.4, -0.2) is 37.5 Å². The van der Waals surface area contributed by atoms with Crippen molar-refractivity contribution in [3.05, 3.63) is 0 Å². The van der Waals surface area contributed by atoms with Gasteiger partial charge in [0.15, 0.2) is 0 Å². The SMILES string of the molecule is C=[N+]1CCC2(CCNCC2)C1. The number of rotatable bonds is 0. The van der Waals surface area contributed by atoms with Gasteiger partial charge in [0.1, 0.15) is 19.8 Å². The van der Waals surface area contributed by atoms with Gasteiger partial charge in [0.2, 0.25) is 0 Å². The molecule has 0 bridgehead atoms. The first-order valence-corrected chi connectivity index (χ1v) is 4.57. The second kappa shape index (κ2) is 2.59. The van der Waals surface area contributed by atoms with Crippen LogP contribution in [0.15, 0.2) is 0 Å². The van der Waals surface area contributed by atoms with Gasteiger partial charge in [0.05, 0.1) is 0 Å². The topological polar surface area (TPSA) is 15.0 Å². The predicted molar refractivity (Wildman–Crippen MR) is 46.3 cm³/mol. The molecule has 11 heavy (non-hydrogen) atoms. The summed E-state index contributed by atoms with van der Waals surface area (Å²) in [5.41, 5.74) is 0.646. The molecule has 0 aromatic rings. The van der Waals surface area contributed by atoms with E-state index in [1.54, 1.807) is 0 Å². The number of nitrogens with zero attached hydrogens (tertiary/aromatic N) is 1. The molecule has 2 heteroatoms. The van der Waals surface area contributed by atoms with Crippen LogP contribution in [-0.2, 0) is 0 Å². The first-order chi connectivity index (χ1) is 5.31. The highest BCUT2D eigenvalue weighted by atomic mass is 15.0. The van der Waals surface area contributed by atoms with Crippen molar-refractivity contribution in [2.24, 2.45) is 5.41 Å². The molecule has 0 amide bonds. The van der Waals surface area contributed by atoms with Gasteiger partial charge in [-0.15, -0.1) is 0 Å². The van der Waals surface area contributed by atoms with E-state index >= 15 is 0 Å². The zero-order valence-corrected chi connectivity index (χ0v) is 7.10. The molecule has 0 saturated carbocycles. The van der Waals surface area contributed by atoms with Gasteiger partial charge >= 0.3 is 0 Å². The van der Waals surface area contributed by atoms with Crippen LogP contribution in [0.3, 0.4) is 0 Å². The van der Waals surface area contributed by atoms with Crippen LogP contribution in [0.2, 0.25) is 0 Å². The third-order valence-corrected chi connectivity index (χ3v) is 3.18. The van der Waals surface area contributed by atoms with Gasteiger partial charge in [-0.1, -0.05) is 0 Å². The van der Waals surface area contributed by atoms with Crippen molar-refractivity contribution in [3.8, 4) is 0 Å². The molecule has 2 aliphatic rings. The van der Waals surface area contributed by atoms with Gasteiger partial charge in [-0.25, -0.2) is 4.58 Å². The second-order valence-electron chi connectivity index (χ2n) is 4.05. The van der Waals surface area contributed by atoms with Crippen molar-refractivity contribution in [2.45, 2.75) is 19.3 Å². The van der Waals surface area contributed by atoms with Gasteiger partial charge in [-0.05, 0) is 25.9 Å². The van der Waals surface area contributed by atoms with Crippen LogP contribution in [0.5, 0.6) is 0 Å². The molecule has 2 rings (SSSR count). The van der Waals surface area contributed by atoms with E-state index in [1.807, 2.05) is 0 Å². The predicted octanol–water partition coefficient (Wildman–Crippen LogP) is 0.473. The third-order valence-electron chi connectivity index (χ3n) is 3.18. The highest BCUT2D eigenvalue weighted by molar-refractivity contribution is 5.15. The summed E-state index contributed by atoms with van der Waals surface area (Å²) in [5.74, 6) is 0. The smallest absolute Gasteiger partial charge is 0.148 e. The van der Waals surface area contributed by atoms with E-state index < -0.39 is 0 Å². The lowest BCUT2D eigenvalue weighted by molar-refractivity contribution is -0.504. The molecule has 2 nitrogen and oxygen atoms in total. The normalized spacial score (nSPS) is 29.6. The summed E-state index contributed by atoms with van der Waals surface area (Å²) in [6.45, 7) is 8.87. The van der Waals surface area contributed by atoms with E-state index in [0.717, 1.165) is 0 Å². The molecule has 2 aliphatic heterocycles. The summed E-state index contributed by atoms with van der Waals surface area (Å²) in [4.78, 5) is 0. The summed E-state index contributed by atoms with van der Waals surface area (Å²) >= 11 is 0. The van der Waals surface area contributed by atoms with E-state index in [9.17, 15) is 0 Å².